The molecule has 0 bridgehead atoms. The molecule has 1 aliphatic rings. The molecule has 1 N–H and O–H groups in total. The van der Waals surface area contributed by atoms with Gasteiger partial charge in [0, 0.05) is 25.6 Å². The Balaban J connectivity index is 1.88. The van der Waals surface area contributed by atoms with Crippen LogP contribution in [0.2, 0.25) is 0 Å². The molecule has 18 heavy (non-hydrogen) atoms. The maximum atomic E-state index is 8.78. The Hall–Kier alpha value is -1.64. The average Bonchev–Trinajstić information content (AvgIpc) is 2.61. The van der Waals surface area contributed by atoms with Crippen LogP contribution in [0.25, 0.3) is 0 Å². The summed E-state index contributed by atoms with van der Waals surface area (Å²) in [5, 5.41) is 12.1. The second-order valence-electron chi connectivity index (χ2n) is 4.60. The zero-order valence-corrected chi connectivity index (χ0v) is 10.6. The number of aromatic nitrogens is 1. The van der Waals surface area contributed by atoms with E-state index < -0.39 is 0 Å². The summed E-state index contributed by atoms with van der Waals surface area (Å²) >= 11 is 0. The van der Waals surface area contributed by atoms with Crippen LogP contribution in [0.4, 0.5) is 5.82 Å². The van der Waals surface area contributed by atoms with E-state index >= 15 is 0 Å². The Morgan fingerprint density at radius 3 is 3.33 bits per heavy atom. The second kappa shape index (κ2) is 6.34. The van der Waals surface area contributed by atoms with E-state index in [-0.39, 0.29) is 0 Å². The van der Waals surface area contributed by atoms with Crippen LogP contribution in [0, 0.1) is 17.2 Å². The summed E-state index contributed by atoms with van der Waals surface area (Å²) in [6, 6.07) is 7.45. The molecule has 5 heteroatoms. The van der Waals surface area contributed by atoms with E-state index in [1.165, 1.54) is 0 Å². The first-order valence-electron chi connectivity index (χ1n) is 6.15. The van der Waals surface area contributed by atoms with Gasteiger partial charge in [0.2, 0.25) is 0 Å². The van der Waals surface area contributed by atoms with Crippen molar-refractivity contribution in [1.82, 2.24) is 9.88 Å². The number of hydrogen-bond acceptors (Lipinski definition) is 5. The Labute approximate surface area is 107 Å². The predicted octanol–water partition coefficient (Wildman–Crippen LogP) is 0.943. The van der Waals surface area contributed by atoms with Crippen molar-refractivity contribution >= 4 is 5.82 Å². The maximum absolute atomic E-state index is 8.78. The number of nitrogens with zero attached hydrogens (tertiary/aromatic N) is 3. The van der Waals surface area contributed by atoms with E-state index in [4.69, 9.17) is 10.00 Å². The summed E-state index contributed by atoms with van der Waals surface area (Å²) in [5.74, 6) is 1.20. The zero-order valence-electron chi connectivity index (χ0n) is 10.6. The minimum Gasteiger partial charge on any atom is -0.380 e. The molecule has 1 atom stereocenters. The fraction of sp³-hybridized carbons (Fsp3) is 0.538. The second-order valence-corrected chi connectivity index (χ2v) is 4.60. The van der Waals surface area contributed by atoms with Crippen molar-refractivity contribution < 1.29 is 4.74 Å². The molecule has 2 heterocycles. The van der Waals surface area contributed by atoms with Gasteiger partial charge in [0.05, 0.1) is 13.2 Å². The predicted molar refractivity (Wildman–Crippen MR) is 69.2 cm³/mol. The van der Waals surface area contributed by atoms with Gasteiger partial charge in [0.15, 0.2) is 0 Å². The smallest absolute Gasteiger partial charge is 0.142 e. The highest BCUT2D eigenvalue weighted by atomic mass is 16.5. The molecule has 1 saturated heterocycles. The van der Waals surface area contributed by atoms with E-state index in [1.54, 1.807) is 6.07 Å². The van der Waals surface area contributed by atoms with Crippen LogP contribution < -0.4 is 5.32 Å². The third kappa shape index (κ3) is 3.69. The van der Waals surface area contributed by atoms with E-state index in [2.05, 4.69) is 22.2 Å². The molecule has 0 amide bonds. The molecule has 0 saturated carbocycles. The molecule has 1 aliphatic heterocycles. The van der Waals surface area contributed by atoms with Gasteiger partial charge in [0.25, 0.3) is 0 Å². The van der Waals surface area contributed by atoms with Gasteiger partial charge < -0.3 is 15.0 Å². The van der Waals surface area contributed by atoms with Crippen LogP contribution in [0.5, 0.6) is 0 Å². The van der Waals surface area contributed by atoms with Crippen molar-refractivity contribution in [1.29, 1.82) is 5.26 Å². The van der Waals surface area contributed by atoms with E-state index in [9.17, 15) is 0 Å². The van der Waals surface area contributed by atoms with Crippen LogP contribution in [0.3, 0.4) is 0 Å². The van der Waals surface area contributed by atoms with Gasteiger partial charge in [-0.25, -0.2) is 4.98 Å². The Morgan fingerprint density at radius 2 is 2.50 bits per heavy atom. The Kier molecular flexibility index (Phi) is 4.51. The number of pyridine rings is 1. The van der Waals surface area contributed by atoms with Crippen molar-refractivity contribution in [2.75, 3.05) is 45.2 Å². The van der Waals surface area contributed by atoms with Gasteiger partial charge in [-0.05, 0) is 19.2 Å². The van der Waals surface area contributed by atoms with Crippen molar-refractivity contribution in [3.63, 3.8) is 0 Å². The maximum Gasteiger partial charge on any atom is 0.142 e. The number of hydrogen-bond donors (Lipinski definition) is 1. The highest BCUT2D eigenvalue weighted by molar-refractivity contribution is 5.38. The number of nitriles is 1. The number of likely N-dealkylation sites (N-methyl/N-ethyl adjacent to an activating group) is 1. The monoisotopic (exact) mass is 246 g/mol. The first kappa shape index (κ1) is 12.8. The minimum absolute atomic E-state index is 0.439. The van der Waals surface area contributed by atoms with Gasteiger partial charge >= 0.3 is 0 Å². The first-order valence-corrected chi connectivity index (χ1v) is 6.15. The third-order valence-electron chi connectivity index (χ3n) is 2.98. The van der Waals surface area contributed by atoms with Gasteiger partial charge in [0.1, 0.15) is 17.6 Å². The normalized spacial score (nSPS) is 21.0. The van der Waals surface area contributed by atoms with E-state index in [0.717, 1.165) is 38.7 Å². The van der Waals surface area contributed by atoms with E-state index in [0.29, 0.717) is 11.6 Å². The number of nitrogens with one attached hydrogen (secondary N) is 1. The molecule has 1 unspecified atom stereocenters. The zero-order chi connectivity index (χ0) is 12.8. The standard InChI is InChI=1S/C13H18N4O/c1-17-5-6-18-10-11(9-17)8-15-13-4-2-3-12(7-14)16-13/h2-4,11H,5-6,8-10H2,1H3,(H,15,16). The van der Waals surface area contributed by atoms with Gasteiger partial charge in [-0.2, -0.15) is 5.26 Å². The molecule has 0 spiro atoms. The SMILES string of the molecule is CN1CCOCC(CNc2cccc(C#N)n2)C1. The number of rotatable bonds is 3. The average molecular weight is 246 g/mol. The minimum atomic E-state index is 0.439. The third-order valence-corrected chi connectivity index (χ3v) is 2.98. The Bertz CT molecular complexity index is 429. The molecule has 2 rings (SSSR count). The van der Waals surface area contributed by atoms with Gasteiger partial charge in [-0.1, -0.05) is 6.07 Å². The summed E-state index contributed by atoms with van der Waals surface area (Å²) in [6.45, 7) is 4.39. The number of anilines is 1. The van der Waals surface area contributed by atoms with E-state index in [1.807, 2.05) is 18.2 Å². The van der Waals surface area contributed by atoms with Gasteiger partial charge in [-0.15, -0.1) is 0 Å². The van der Waals surface area contributed by atoms with Crippen molar-refractivity contribution in [2.45, 2.75) is 0 Å². The summed E-state index contributed by atoms with van der Waals surface area (Å²) < 4.78 is 5.56. The molecule has 1 aromatic heterocycles. The summed E-state index contributed by atoms with van der Waals surface area (Å²) in [6.07, 6.45) is 0. The lowest BCUT2D eigenvalue weighted by molar-refractivity contribution is 0.125. The number of ether oxygens (including phenoxy) is 1. The lowest BCUT2D eigenvalue weighted by Gasteiger charge is -2.19. The quantitative estimate of drug-likeness (QED) is 0.860. The first-order chi connectivity index (χ1) is 8.78. The fourth-order valence-electron chi connectivity index (χ4n) is 2.02. The summed E-state index contributed by atoms with van der Waals surface area (Å²) in [5.41, 5.74) is 0.439. The van der Waals surface area contributed by atoms with Crippen LogP contribution >= 0.6 is 0 Å². The topological polar surface area (TPSA) is 61.2 Å². The van der Waals surface area contributed by atoms with Crippen LogP contribution in [-0.2, 0) is 4.74 Å². The fourth-order valence-corrected chi connectivity index (χ4v) is 2.02. The lowest BCUT2D eigenvalue weighted by Crippen LogP contribution is -2.30. The highest BCUT2D eigenvalue weighted by Crippen LogP contribution is 2.09. The van der Waals surface area contributed by atoms with Crippen LogP contribution in [-0.4, -0.2) is 49.8 Å². The molecule has 0 aromatic carbocycles. The summed E-state index contributed by atoms with van der Waals surface area (Å²) in [7, 11) is 2.11. The largest absolute Gasteiger partial charge is 0.380 e. The van der Waals surface area contributed by atoms with Crippen molar-refractivity contribution in [3.8, 4) is 6.07 Å². The molecule has 1 aromatic rings. The van der Waals surface area contributed by atoms with Gasteiger partial charge in [-0.3, -0.25) is 0 Å². The molecule has 0 radical (unpaired) electrons. The molecule has 5 nitrogen and oxygen atoms in total. The van der Waals surface area contributed by atoms with Crippen LogP contribution in [0.1, 0.15) is 5.69 Å². The molecule has 96 valence electrons. The molecule has 0 aliphatic carbocycles. The summed E-state index contributed by atoms with van der Waals surface area (Å²) in [4.78, 5) is 6.47. The highest BCUT2D eigenvalue weighted by Gasteiger charge is 2.15. The van der Waals surface area contributed by atoms with Crippen molar-refractivity contribution in [2.24, 2.45) is 5.92 Å². The lowest BCUT2D eigenvalue weighted by atomic mass is 10.1. The van der Waals surface area contributed by atoms with Crippen molar-refractivity contribution in [3.05, 3.63) is 23.9 Å². The van der Waals surface area contributed by atoms with Crippen LogP contribution in [0.15, 0.2) is 18.2 Å². The molecular formula is C13H18N4O. The molecule has 1 fully saturated rings. The molecular weight excluding hydrogens is 228 g/mol. The Morgan fingerprint density at radius 1 is 1.61 bits per heavy atom.